The van der Waals surface area contributed by atoms with Crippen LogP contribution in [0.4, 0.5) is 5.69 Å². The Morgan fingerprint density at radius 1 is 1.06 bits per heavy atom. The quantitative estimate of drug-likeness (QED) is 0.305. The summed E-state index contributed by atoms with van der Waals surface area (Å²) < 4.78 is 3.04. The molecule has 0 aliphatic carbocycles. The number of hydrogen-bond acceptors (Lipinski definition) is 5. The van der Waals surface area contributed by atoms with Gasteiger partial charge in [0, 0.05) is 29.2 Å². The van der Waals surface area contributed by atoms with E-state index in [4.69, 9.17) is 23.2 Å². The number of aromatic nitrogens is 2. The maximum absolute atomic E-state index is 13.3. The third-order valence-electron chi connectivity index (χ3n) is 4.01. The van der Waals surface area contributed by atoms with Crippen molar-refractivity contribution in [1.82, 2.24) is 25.5 Å². The summed E-state index contributed by atoms with van der Waals surface area (Å²) in [6.45, 7) is 0. The zero-order valence-corrected chi connectivity index (χ0v) is 22.8. The molecule has 0 fully saturated rings. The van der Waals surface area contributed by atoms with Crippen molar-refractivity contribution in [1.29, 1.82) is 0 Å². The molecule has 32 heavy (non-hydrogen) atoms. The van der Waals surface area contributed by atoms with Crippen molar-refractivity contribution in [3.8, 4) is 5.82 Å². The fraction of sp³-hybridized carbons (Fsp3) is 0.105. The number of hydrazine groups is 2. The molecule has 0 radical (unpaired) electrons. The van der Waals surface area contributed by atoms with Crippen LogP contribution in [0.1, 0.15) is 20.8 Å². The second kappa shape index (κ2) is 10.6. The normalized spacial score (nSPS) is 11.0. The molecule has 0 aliphatic heterocycles. The van der Waals surface area contributed by atoms with Crippen LogP contribution in [0.3, 0.4) is 0 Å². The van der Waals surface area contributed by atoms with Crippen LogP contribution in [-0.2, 0) is 0 Å². The molecule has 3 aromatic rings. The summed E-state index contributed by atoms with van der Waals surface area (Å²) in [6, 6.07) is 8.15. The van der Waals surface area contributed by atoms with Crippen molar-refractivity contribution in [3.63, 3.8) is 0 Å². The van der Waals surface area contributed by atoms with Crippen molar-refractivity contribution < 1.29 is 9.59 Å². The lowest BCUT2D eigenvalue weighted by Crippen LogP contribution is -2.45. The molecule has 168 valence electrons. The van der Waals surface area contributed by atoms with Gasteiger partial charge in [-0.1, -0.05) is 39.1 Å². The van der Waals surface area contributed by atoms with E-state index < -0.39 is 11.8 Å². The van der Waals surface area contributed by atoms with Crippen LogP contribution >= 0.6 is 71.0 Å². The number of carbonyl (C=O) groups is 2. The number of halogens is 5. The monoisotopic (exact) mass is 666 g/mol. The van der Waals surface area contributed by atoms with E-state index in [-0.39, 0.29) is 27.9 Å². The van der Waals surface area contributed by atoms with Gasteiger partial charge in [-0.2, -0.15) is 5.53 Å². The Bertz CT molecular complexity index is 1200. The number of nitrogens with zero attached hydrogens (tertiary/aromatic N) is 3. The van der Waals surface area contributed by atoms with Gasteiger partial charge in [-0.15, -0.1) is 0 Å². The predicted octanol–water partition coefficient (Wildman–Crippen LogP) is 5.43. The lowest BCUT2D eigenvalue weighted by molar-refractivity contribution is 0.0877. The maximum Gasteiger partial charge on any atom is 0.272 e. The third-order valence-corrected chi connectivity index (χ3v) is 6.60. The second-order valence-corrected chi connectivity index (χ2v) is 9.93. The van der Waals surface area contributed by atoms with E-state index in [1.54, 1.807) is 55.6 Å². The van der Waals surface area contributed by atoms with E-state index in [9.17, 15) is 9.59 Å². The lowest BCUT2D eigenvalue weighted by Gasteiger charge is -2.17. The average Bonchev–Trinajstić information content (AvgIpc) is 3.03. The Balaban J connectivity index is 2.03. The van der Waals surface area contributed by atoms with Crippen LogP contribution < -0.4 is 16.3 Å². The van der Waals surface area contributed by atoms with Crippen LogP contribution in [-0.4, -0.2) is 40.5 Å². The van der Waals surface area contributed by atoms with Crippen molar-refractivity contribution >= 4 is 88.5 Å². The standard InChI is InChI=1S/C19H15Br3Cl2N6O2/c1-29(2)28-27-18(31)10-6-9(20)7-11(21)15(10)26-19(32)14-8-12(22)16(24)30(14)17-13(23)4-3-5-25-17/h3-8,28H,1-2H3,(H,26,32)(H,27,31). The van der Waals surface area contributed by atoms with E-state index >= 15 is 0 Å². The molecule has 2 aromatic heterocycles. The molecule has 0 atom stereocenters. The molecule has 3 rings (SSSR count). The van der Waals surface area contributed by atoms with E-state index in [1.165, 1.54) is 4.57 Å². The smallest absolute Gasteiger partial charge is 0.272 e. The number of nitrogens with one attached hydrogen (secondary N) is 3. The number of hydrogen-bond donors (Lipinski definition) is 3. The van der Waals surface area contributed by atoms with E-state index in [0.29, 0.717) is 18.4 Å². The number of rotatable bonds is 6. The molecular formula is C19H15Br3Cl2N6O2. The molecule has 0 aliphatic rings. The van der Waals surface area contributed by atoms with Gasteiger partial charge in [0.25, 0.3) is 11.8 Å². The fourth-order valence-electron chi connectivity index (χ4n) is 2.66. The highest BCUT2D eigenvalue weighted by molar-refractivity contribution is 9.11. The molecule has 13 heteroatoms. The van der Waals surface area contributed by atoms with Gasteiger partial charge in [-0.3, -0.25) is 19.6 Å². The Morgan fingerprint density at radius 2 is 1.78 bits per heavy atom. The lowest BCUT2D eigenvalue weighted by atomic mass is 10.1. The summed E-state index contributed by atoms with van der Waals surface area (Å²) in [6.07, 6.45) is 1.54. The third kappa shape index (κ3) is 5.53. The van der Waals surface area contributed by atoms with Crippen LogP contribution in [0.5, 0.6) is 0 Å². The molecular weight excluding hydrogens is 655 g/mol. The van der Waals surface area contributed by atoms with Gasteiger partial charge >= 0.3 is 0 Å². The number of carbonyl (C=O) groups excluding carboxylic acids is 2. The van der Waals surface area contributed by atoms with Crippen molar-refractivity contribution in [2.45, 2.75) is 0 Å². The number of amides is 2. The summed E-state index contributed by atoms with van der Waals surface area (Å²) in [5, 5.41) is 4.88. The summed E-state index contributed by atoms with van der Waals surface area (Å²) in [4.78, 5) is 30.3. The Hall–Kier alpha value is -1.47. The predicted molar refractivity (Wildman–Crippen MR) is 135 cm³/mol. The Labute approximate surface area is 219 Å². The Kier molecular flexibility index (Phi) is 8.37. The van der Waals surface area contributed by atoms with Crippen LogP contribution in [0.15, 0.2) is 49.9 Å². The van der Waals surface area contributed by atoms with Gasteiger partial charge in [-0.05, 0) is 62.2 Å². The summed E-state index contributed by atoms with van der Waals surface area (Å²) in [5.41, 5.74) is 5.87. The number of pyridine rings is 1. The first kappa shape index (κ1) is 25.2. The van der Waals surface area contributed by atoms with Gasteiger partial charge in [0.1, 0.15) is 10.8 Å². The zero-order valence-electron chi connectivity index (χ0n) is 16.5. The summed E-state index contributed by atoms with van der Waals surface area (Å²) in [7, 11) is 3.44. The van der Waals surface area contributed by atoms with E-state index in [2.05, 4.69) is 69.1 Å². The maximum atomic E-state index is 13.3. The van der Waals surface area contributed by atoms with E-state index in [1.807, 2.05) is 0 Å². The van der Waals surface area contributed by atoms with Gasteiger partial charge in [0.2, 0.25) is 0 Å². The first-order valence-electron chi connectivity index (χ1n) is 8.81. The van der Waals surface area contributed by atoms with Crippen molar-refractivity contribution in [2.75, 3.05) is 19.4 Å². The summed E-state index contributed by atoms with van der Waals surface area (Å²) >= 11 is 22.8. The largest absolute Gasteiger partial charge is 0.319 e. The average molecular weight is 670 g/mol. The molecule has 0 saturated heterocycles. The molecule has 0 spiro atoms. The van der Waals surface area contributed by atoms with Crippen molar-refractivity contribution in [2.24, 2.45) is 0 Å². The molecule has 3 N–H and O–H groups in total. The first-order valence-corrected chi connectivity index (χ1v) is 11.9. The fourth-order valence-corrected chi connectivity index (χ4v) is 4.81. The molecule has 0 unspecified atom stereocenters. The van der Waals surface area contributed by atoms with Crippen LogP contribution in [0.2, 0.25) is 10.2 Å². The van der Waals surface area contributed by atoms with E-state index in [0.717, 1.165) is 0 Å². The minimum atomic E-state index is -0.531. The minimum absolute atomic E-state index is 0.162. The van der Waals surface area contributed by atoms with Gasteiger partial charge in [0.05, 0.1) is 20.7 Å². The molecule has 1 aromatic carbocycles. The molecule has 2 amide bonds. The molecule has 0 bridgehead atoms. The Morgan fingerprint density at radius 3 is 2.44 bits per heavy atom. The zero-order chi connectivity index (χ0) is 23.6. The number of anilines is 1. The van der Waals surface area contributed by atoms with Gasteiger partial charge in [0.15, 0.2) is 5.82 Å². The van der Waals surface area contributed by atoms with Crippen LogP contribution in [0, 0.1) is 0 Å². The molecule has 0 saturated carbocycles. The summed E-state index contributed by atoms with van der Waals surface area (Å²) in [5.74, 6) is -0.701. The highest BCUT2D eigenvalue weighted by Gasteiger charge is 2.24. The van der Waals surface area contributed by atoms with Crippen molar-refractivity contribution in [3.05, 3.63) is 71.4 Å². The first-order chi connectivity index (χ1) is 15.1. The molecule has 8 nitrogen and oxygen atoms in total. The van der Waals surface area contributed by atoms with Crippen LogP contribution in [0.25, 0.3) is 5.82 Å². The number of benzene rings is 1. The topological polar surface area (TPSA) is 91.3 Å². The second-order valence-electron chi connectivity index (χ2n) is 6.54. The highest BCUT2D eigenvalue weighted by Crippen LogP contribution is 2.34. The van der Waals surface area contributed by atoms with Gasteiger partial charge in [-0.25, -0.2) is 9.99 Å². The SMILES string of the molecule is CN(C)NNC(=O)c1cc(Br)cc(Br)c1NC(=O)c1cc(Br)c(Cl)n1-c1ncccc1Cl. The minimum Gasteiger partial charge on any atom is -0.319 e. The molecule has 2 heterocycles. The highest BCUT2D eigenvalue weighted by atomic mass is 79.9. The van der Waals surface area contributed by atoms with Gasteiger partial charge < -0.3 is 5.32 Å².